The van der Waals surface area contributed by atoms with E-state index in [-0.39, 0.29) is 40.6 Å². The van der Waals surface area contributed by atoms with Gasteiger partial charge in [-0.25, -0.2) is 13.8 Å². The lowest BCUT2D eigenvalue weighted by molar-refractivity contribution is 0.187. The predicted octanol–water partition coefficient (Wildman–Crippen LogP) is 3.94. The van der Waals surface area contributed by atoms with Crippen LogP contribution < -0.4 is 5.56 Å². The van der Waals surface area contributed by atoms with Crippen LogP contribution in [0, 0.1) is 11.6 Å². The van der Waals surface area contributed by atoms with Gasteiger partial charge in [-0.15, -0.1) is 0 Å². The summed E-state index contributed by atoms with van der Waals surface area (Å²) < 4.78 is 40.8. The van der Waals surface area contributed by atoms with Crippen molar-refractivity contribution in [1.82, 2.24) is 24.1 Å². The number of halogens is 3. The second kappa shape index (κ2) is 7.81. The molecule has 0 aliphatic heterocycles. The average molecular weight is 458 g/mol. The van der Waals surface area contributed by atoms with Crippen LogP contribution in [0.2, 0.25) is 5.02 Å². The molecule has 5 aromatic rings. The van der Waals surface area contributed by atoms with E-state index in [1.54, 1.807) is 29.7 Å². The van der Waals surface area contributed by atoms with Crippen molar-refractivity contribution in [2.45, 2.75) is 6.54 Å². The first-order chi connectivity index (χ1) is 15.5. The molecule has 0 saturated carbocycles. The highest BCUT2D eigenvalue weighted by molar-refractivity contribution is 6.31. The quantitative estimate of drug-likeness (QED) is 0.397. The monoisotopic (exact) mass is 457 g/mol. The Hall–Kier alpha value is -3.63. The van der Waals surface area contributed by atoms with Gasteiger partial charge in [0.15, 0.2) is 0 Å². The molecule has 0 radical (unpaired) electrons. The van der Waals surface area contributed by atoms with Gasteiger partial charge in [0.25, 0.3) is 11.4 Å². The van der Waals surface area contributed by atoms with Crippen molar-refractivity contribution < 1.29 is 18.0 Å². The van der Waals surface area contributed by atoms with Crippen LogP contribution in [0.3, 0.4) is 0 Å². The molecule has 3 heterocycles. The molecule has 0 N–H and O–H groups in total. The largest absolute Gasteiger partial charge is 0.383 e. The third-order valence-electron chi connectivity index (χ3n) is 5.02. The maximum atomic E-state index is 14.1. The van der Waals surface area contributed by atoms with Gasteiger partial charge in [0.2, 0.25) is 5.82 Å². The van der Waals surface area contributed by atoms with Crippen LogP contribution in [-0.4, -0.2) is 37.8 Å². The molecule has 0 saturated heterocycles. The van der Waals surface area contributed by atoms with Gasteiger partial charge in [0.05, 0.1) is 23.2 Å². The van der Waals surface area contributed by atoms with Gasteiger partial charge in [-0.2, -0.15) is 4.98 Å². The zero-order valence-electron chi connectivity index (χ0n) is 16.6. The molecule has 0 unspecified atom stereocenters. The summed E-state index contributed by atoms with van der Waals surface area (Å²) in [6.45, 7) is 0.586. The molecule has 0 bridgehead atoms. The second-order valence-corrected chi connectivity index (χ2v) is 7.38. The molecule has 3 aromatic heterocycles. The molecule has 0 fully saturated rings. The van der Waals surface area contributed by atoms with Crippen LogP contribution in [0.25, 0.3) is 39.5 Å². The van der Waals surface area contributed by atoms with E-state index in [0.717, 1.165) is 12.1 Å². The minimum Gasteiger partial charge on any atom is -0.383 e. The van der Waals surface area contributed by atoms with Gasteiger partial charge in [-0.05, 0) is 30.3 Å². The molecule has 0 aliphatic rings. The summed E-state index contributed by atoms with van der Waals surface area (Å²) >= 11 is 6.15. The summed E-state index contributed by atoms with van der Waals surface area (Å²) in [6.07, 6.45) is 1.47. The van der Waals surface area contributed by atoms with Gasteiger partial charge in [0.1, 0.15) is 29.2 Å². The summed E-state index contributed by atoms with van der Waals surface area (Å²) in [5.41, 5.74) is 1.25. The lowest BCUT2D eigenvalue weighted by Crippen LogP contribution is -2.25. The van der Waals surface area contributed by atoms with E-state index in [1.165, 1.54) is 17.0 Å². The molecule has 32 heavy (non-hydrogen) atoms. The summed E-state index contributed by atoms with van der Waals surface area (Å²) in [5, 5.41) is 4.34. The van der Waals surface area contributed by atoms with Gasteiger partial charge in [-0.3, -0.25) is 9.20 Å². The fourth-order valence-electron chi connectivity index (χ4n) is 3.55. The van der Waals surface area contributed by atoms with E-state index >= 15 is 0 Å². The standard InChI is InChI=1S/C21H14ClF2N5O3/c1-31-7-6-28-16-8-11(22)2-5-15(16)29-10-25-17(18(29)21(28)30)19-26-20(32-27-19)13-4-3-12(23)9-14(13)24/h2-5,8-10H,6-7H2,1H3. The average Bonchev–Trinajstić information content (AvgIpc) is 3.41. The van der Waals surface area contributed by atoms with Crippen molar-refractivity contribution in [3.05, 3.63) is 69.7 Å². The Labute approximate surface area is 183 Å². The molecule has 162 valence electrons. The lowest BCUT2D eigenvalue weighted by Gasteiger charge is -2.12. The van der Waals surface area contributed by atoms with Crippen LogP contribution in [0.4, 0.5) is 8.78 Å². The number of hydrogen-bond donors (Lipinski definition) is 0. The maximum Gasteiger partial charge on any atom is 0.277 e. The molecule has 5 rings (SSSR count). The summed E-state index contributed by atoms with van der Waals surface area (Å²) in [6, 6.07) is 8.17. The van der Waals surface area contributed by atoms with Crippen molar-refractivity contribution >= 4 is 28.2 Å². The topological polar surface area (TPSA) is 87.5 Å². The molecule has 0 atom stereocenters. The van der Waals surface area contributed by atoms with Crippen molar-refractivity contribution in [3.63, 3.8) is 0 Å². The van der Waals surface area contributed by atoms with Gasteiger partial charge in [0, 0.05) is 24.7 Å². The van der Waals surface area contributed by atoms with E-state index < -0.39 is 11.6 Å². The highest BCUT2D eigenvalue weighted by Gasteiger charge is 2.22. The number of methoxy groups -OCH3 is 1. The number of fused-ring (bicyclic) bond motifs is 3. The van der Waals surface area contributed by atoms with Gasteiger partial charge < -0.3 is 13.8 Å². The van der Waals surface area contributed by atoms with Gasteiger partial charge >= 0.3 is 0 Å². The van der Waals surface area contributed by atoms with Crippen LogP contribution in [0.1, 0.15) is 0 Å². The van der Waals surface area contributed by atoms with Crippen molar-refractivity contribution in [1.29, 1.82) is 0 Å². The summed E-state index contributed by atoms with van der Waals surface area (Å²) in [5.74, 6) is -1.74. The van der Waals surface area contributed by atoms with Crippen LogP contribution in [0.15, 0.2) is 52.0 Å². The van der Waals surface area contributed by atoms with E-state index in [9.17, 15) is 13.6 Å². The van der Waals surface area contributed by atoms with Crippen LogP contribution >= 0.6 is 11.6 Å². The molecular formula is C21H14ClF2N5O3. The molecule has 0 aliphatic carbocycles. The SMILES string of the molecule is COCCn1c(=O)c2c(-c3noc(-c4ccc(F)cc4F)n3)ncn2c2ccc(Cl)cc21. The van der Waals surface area contributed by atoms with Gasteiger partial charge in [-0.1, -0.05) is 16.8 Å². The Morgan fingerprint density at radius 2 is 2.00 bits per heavy atom. The molecule has 11 heteroatoms. The third-order valence-corrected chi connectivity index (χ3v) is 5.26. The van der Waals surface area contributed by atoms with E-state index in [4.69, 9.17) is 20.9 Å². The van der Waals surface area contributed by atoms with Crippen LogP contribution in [0.5, 0.6) is 0 Å². The Morgan fingerprint density at radius 1 is 1.16 bits per heavy atom. The smallest absolute Gasteiger partial charge is 0.277 e. The van der Waals surface area contributed by atoms with E-state index in [1.807, 2.05) is 0 Å². The number of benzene rings is 2. The maximum absolute atomic E-state index is 14.1. The fraction of sp³-hybridized carbons (Fsp3) is 0.143. The number of nitrogens with zero attached hydrogens (tertiary/aromatic N) is 5. The highest BCUT2D eigenvalue weighted by Crippen LogP contribution is 2.27. The first-order valence-electron chi connectivity index (χ1n) is 9.45. The van der Waals surface area contributed by atoms with Crippen molar-refractivity contribution in [2.75, 3.05) is 13.7 Å². The minimum atomic E-state index is -0.848. The minimum absolute atomic E-state index is 0.00469. The predicted molar refractivity (Wildman–Crippen MR) is 112 cm³/mol. The first-order valence-corrected chi connectivity index (χ1v) is 9.83. The Kier molecular flexibility index (Phi) is 4.95. The normalized spacial score (nSPS) is 11.6. The first kappa shape index (κ1) is 20.3. The summed E-state index contributed by atoms with van der Waals surface area (Å²) in [4.78, 5) is 21.9. The molecule has 0 spiro atoms. The van der Waals surface area contributed by atoms with E-state index in [0.29, 0.717) is 22.7 Å². The van der Waals surface area contributed by atoms with E-state index in [2.05, 4.69) is 15.1 Å². The Bertz CT molecular complexity index is 1540. The highest BCUT2D eigenvalue weighted by atomic mass is 35.5. The van der Waals surface area contributed by atoms with Crippen molar-refractivity contribution in [2.24, 2.45) is 0 Å². The Balaban J connectivity index is 1.72. The molecule has 0 amide bonds. The number of imidazole rings is 1. The molecular weight excluding hydrogens is 444 g/mol. The number of rotatable bonds is 5. The van der Waals surface area contributed by atoms with Crippen LogP contribution in [-0.2, 0) is 11.3 Å². The number of aromatic nitrogens is 5. The zero-order chi connectivity index (χ0) is 22.4. The third kappa shape index (κ3) is 3.24. The lowest BCUT2D eigenvalue weighted by atomic mass is 10.2. The zero-order valence-corrected chi connectivity index (χ0v) is 17.3. The number of ether oxygens (including phenoxy) is 1. The Morgan fingerprint density at radius 3 is 2.78 bits per heavy atom. The molecule has 8 nitrogen and oxygen atoms in total. The fourth-order valence-corrected chi connectivity index (χ4v) is 3.72. The number of hydrogen-bond acceptors (Lipinski definition) is 6. The summed E-state index contributed by atoms with van der Waals surface area (Å²) in [7, 11) is 1.54. The second-order valence-electron chi connectivity index (χ2n) is 6.94. The molecule has 2 aromatic carbocycles. The van der Waals surface area contributed by atoms with Crippen molar-refractivity contribution in [3.8, 4) is 23.0 Å².